The Balaban J connectivity index is 3.01. The zero-order valence-corrected chi connectivity index (χ0v) is 6.96. The van der Waals surface area contributed by atoms with Crippen LogP contribution in [0.3, 0.4) is 0 Å². The number of aromatic carboxylic acids is 1. The predicted molar refractivity (Wildman–Crippen MR) is 43.1 cm³/mol. The summed E-state index contributed by atoms with van der Waals surface area (Å²) in [5.41, 5.74) is 0. The van der Waals surface area contributed by atoms with Crippen LogP contribution < -0.4 is 0 Å². The first-order valence-corrected chi connectivity index (χ1v) is 4.71. The molecule has 0 aliphatic heterocycles. The molecule has 1 rings (SSSR count). The Morgan fingerprint density at radius 2 is 2.50 bits per heavy atom. The van der Waals surface area contributed by atoms with Crippen LogP contribution in [0.4, 0.5) is 0 Å². The van der Waals surface area contributed by atoms with E-state index in [0.717, 1.165) is 4.90 Å². The van der Waals surface area contributed by atoms with Crippen molar-refractivity contribution in [1.29, 1.82) is 0 Å². The topological polar surface area (TPSA) is 37.3 Å². The average Bonchev–Trinajstić information content (AvgIpc) is 2.33. The Labute approximate surface area is 66.9 Å². The molecule has 1 N–H and O–H groups in total. The third kappa shape index (κ3) is 1.33. The molecule has 0 atom stereocenters. The third-order valence-corrected chi connectivity index (χ3v) is 2.85. The fourth-order valence-corrected chi connectivity index (χ4v) is 2.20. The molecular formula is C6H6O2S2. The molecule has 4 heteroatoms. The van der Waals surface area contributed by atoms with Crippen molar-refractivity contribution in [3.05, 3.63) is 16.3 Å². The highest BCUT2D eigenvalue weighted by molar-refractivity contribution is 7.98. The van der Waals surface area contributed by atoms with Gasteiger partial charge in [-0.2, -0.15) is 0 Å². The molecule has 0 spiro atoms. The lowest BCUT2D eigenvalue weighted by Gasteiger charge is -1.90. The van der Waals surface area contributed by atoms with Crippen molar-refractivity contribution in [3.63, 3.8) is 0 Å². The molecule has 0 saturated carbocycles. The van der Waals surface area contributed by atoms with Gasteiger partial charge in [-0.05, 0) is 17.7 Å². The van der Waals surface area contributed by atoms with E-state index < -0.39 is 5.97 Å². The molecule has 0 radical (unpaired) electrons. The van der Waals surface area contributed by atoms with Crippen LogP contribution in [0, 0.1) is 0 Å². The minimum Gasteiger partial charge on any atom is -0.477 e. The maximum atomic E-state index is 10.4. The van der Waals surface area contributed by atoms with Gasteiger partial charge in [-0.15, -0.1) is 23.1 Å². The lowest BCUT2D eigenvalue weighted by atomic mass is 10.5. The van der Waals surface area contributed by atoms with Gasteiger partial charge < -0.3 is 5.11 Å². The van der Waals surface area contributed by atoms with Crippen LogP contribution in [0.5, 0.6) is 0 Å². The molecule has 0 aliphatic rings. The monoisotopic (exact) mass is 174 g/mol. The summed E-state index contributed by atoms with van der Waals surface area (Å²) in [6, 6.07) is 1.82. The van der Waals surface area contributed by atoms with Crippen molar-refractivity contribution in [2.24, 2.45) is 0 Å². The first kappa shape index (κ1) is 7.63. The lowest BCUT2D eigenvalue weighted by molar-refractivity contribution is 0.0699. The highest BCUT2D eigenvalue weighted by Crippen LogP contribution is 2.24. The molecule has 10 heavy (non-hydrogen) atoms. The van der Waals surface area contributed by atoms with Gasteiger partial charge in [-0.1, -0.05) is 0 Å². The van der Waals surface area contributed by atoms with E-state index in [4.69, 9.17) is 5.11 Å². The number of hydrogen-bond donors (Lipinski definition) is 1. The van der Waals surface area contributed by atoms with E-state index in [1.165, 1.54) is 23.1 Å². The van der Waals surface area contributed by atoms with Crippen LogP contribution in [0.2, 0.25) is 0 Å². The summed E-state index contributed by atoms with van der Waals surface area (Å²) in [5, 5.41) is 10.4. The molecule has 0 aliphatic carbocycles. The number of thiophene rings is 1. The quantitative estimate of drug-likeness (QED) is 0.698. The second-order valence-electron chi connectivity index (χ2n) is 1.62. The van der Waals surface area contributed by atoms with Gasteiger partial charge in [-0.3, -0.25) is 0 Å². The summed E-state index contributed by atoms with van der Waals surface area (Å²) in [6.07, 6.45) is 1.87. The first-order valence-electron chi connectivity index (χ1n) is 2.60. The largest absolute Gasteiger partial charge is 0.477 e. The van der Waals surface area contributed by atoms with E-state index in [1.807, 2.05) is 12.3 Å². The van der Waals surface area contributed by atoms with Crippen molar-refractivity contribution in [1.82, 2.24) is 0 Å². The van der Waals surface area contributed by atoms with Crippen molar-refractivity contribution < 1.29 is 9.90 Å². The molecule has 1 heterocycles. The fraction of sp³-hybridized carbons (Fsp3) is 0.167. The van der Waals surface area contributed by atoms with Crippen LogP contribution in [0.1, 0.15) is 9.67 Å². The molecule has 1 aromatic heterocycles. The van der Waals surface area contributed by atoms with E-state index in [2.05, 4.69) is 0 Å². The summed E-state index contributed by atoms with van der Waals surface area (Å²) < 4.78 is 0. The predicted octanol–water partition coefficient (Wildman–Crippen LogP) is 2.17. The second-order valence-corrected chi connectivity index (χ2v) is 3.39. The van der Waals surface area contributed by atoms with Crippen LogP contribution in [-0.4, -0.2) is 17.3 Å². The van der Waals surface area contributed by atoms with Gasteiger partial charge in [0.15, 0.2) is 0 Å². The molecular weight excluding hydrogens is 168 g/mol. The zero-order valence-electron chi connectivity index (χ0n) is 5.33. The van der Waals surface area contributed by atoms with Gasteiger partial charge in [0.2, 0.25) is 0 Å². The summed E-state index contributed by atoms with van der Waals surface area (Å²) in [7, 11) is 0. The van der Waals surface area contributed by atoms with E-state index in [9.17, 15) is 4.79 Å². The minimum absolute atomic E-state index is 0.438. The number of carbonyl (C=O) groups is 1. The third-order valence-electron chi connectivity index (χ3n) is 1.04. The molecule has 0 bridgehead atoms. The molecule has 0 aromatic carbocycles. The highest BCUT2D eigenvalue weighted by atomic mass is 32.2. The maximum Gasteiger partial charge on any atom is 0.347 e. The van der Waals surface area contributed by atoms with Crippen molar-refractivity contribution in [2.75, 3.05) is 6.26 Å². The van der Waals surface area contributed by atoms with E-state index in [0.29, 0.717) is 4.88 Å². The number of thioether (sulfide) groups is 1. The Morgan fingerprint density at radius 3 is 2.90 bits per heavy atom. The lowest BCUT2D eigenvalue weighted by Crippen LogP contribution is -1.92. The van der Waals surface area contributed by atoms with E-state index in [1.54, 1.807) is 5.38 Å². The molecule has 1 aromatic rings. The Hall–Kier alpha value is -0.480. The minimum atomic E-state index is -0.834. The molecule has 0 unspecified atom stereocenters. The summed E-state index contributed by atoms with van der Waals surface area (Å²) in [4.78, 5) is 11.7. The summed E-state index contributed by atoms with van der Waals surface area (Å²) >= 11 is 2.72. The van der Waals surface area contributed by atoms with Crippen LogP contribution in [0.15, 0.2) is 16.3 Å². The maximum absolute atomic E-state index is 10.4. The Bertz CT molecular complexity index is 242. The number of carboxylic acid groups (broad SMARTS) is 1. The number of carboxylic acids is 1. The first-order chi connectivity index (χ1) is 4.75. The fourth-order valence-electron chi connectivity index (χ4n) is 0.614. The van der Waals surface area contributed by atoms with Crippen molar-refractivity contribution >= 4 is 29.1 Å². The zero-order chi connectivity index (χ0) is 7.56. The van der Waals surface area contributed by atoms with Crippen LogP contribution in [0.25, 0.3) is 0 Å². The number of hydrogen-bond acceptors (Lipinski definition) is 3. The normalized spacial score (nSPS) is 9.70. The van der Waals surface area contributed by atoms with Gasteiger partial charge >= 0.3 is 5.97 Å². The van der Waals surface area contributed by atoms with E-state index >= 15 is 0 Å². The molecule has 0 fully saturated rings. The van der Waals surface area contributed by atoms with Gasteiger partial charge in [0.25, 0.3) is 0 Å². The Morgan fingerprint density at radius 1 is 1.80 bits per heavy atom. The standard InChI is InChI=1S/C6H6O2S2/c1-9-4-2-3-10-5(4)6(7)8/h2-3H,1H3,(H,7,8). The average molecular weight is 174 g/mol. The van der Waals surface area contributed by atoms with Crippen molar-refractivity contribution in [2.45, 2.75) is 4.90 Å². The summed E-state index contributed by atoms with van der Waals surface area (Å²) in [6.45, 7) is 0. The summed E-state index contributed by atoms with van der Waals surface area (Å²) in [5.74, 6) is -0.834. The smallest absolute Gasteiger partial charge is 0.347 e. The van der Waals surface area contributed by atoms with Crippen molar-refractivity contribution in [3.8, 4) is 0 Å². The van der Waals surface area contributed by atoms with Crippen LogP contribution in [-0.2, 0) is 0 Å². The van der Waals surface area contributed by atoms with Crippen LogP contribution >= 0.6 is 23.1 Å². The highest BCUT2D eigenvalue weighted by Gasteiger charge is 2.09. The number of rotatable bonds is 2. The van der Waals surface area contributed by atoms with Gasteiger partial charge in [0.05, 0.1) is 0 Å². The van der Waals surface area contributed by atoms with Gasteiger partial charge in [0.1, 0.15) is 4.88 Å². The molecule has 0 amide bonds. The SMILES string of the molecule is CSc1ccsc1C(=O)O. The van der Waals surface area contributed by atoms with E-state index in [-0.39, 0.29) is 0 Å². The second kappa shape index (κ2) is 3.07. The van der Waals surface area contributed by atoms with Gasteiger partial charge in [0, 0.05) is 4.90 Å². The molecule has 0 saturated heterocycles. The molecule has 2 nitrogen and oxygen atoms in total. The Kier molecular flexibility index (Phi) is 2.34. The molecule has 54 valence electrons. The van der Waals surface area contributed by atoms with Gasteiger partial charge in [-0.25, -0.2) is 4.79 Å².